The van der Waals surface area contributed by atoms with E-state index in [9.17, 15) is 9.59 Å². The van der Waals surface area contributed by atoms with E-state index < -0.39 is 11.9 Å². The molecule has 124 valence electrons. The van der Waals surface area contributed by atoms with Crippen LogP contribution >= 0.6 is 0 Å². The van der Waals surface area contributed by atoms with Gasteiger partial charge < -0.3 is 10.0 Å². The number of carboxylic acids is 1. The number of anilines is 1. The third-order valence-electron chi connectivity index (χ3n) is 4.59. The molecule has 1 heterocycles. The summed E-state index contributed by atoms with van der Waals surface area (Å²) in [6, 6.07) is 13.3. The Kier molecular flexibility index (Phi) is 4.38. The molecular formula is C20H21NO3. The van der Waals surface area contributed by atoms with Crippen molar-refractivity contribution in [2.24, 2.45) is 0 Å². The van der Waals surface area contributed by atoms with E-state index in [1.807, 2.05) is 24.3 Å². The summed E-state index contributed by atoms with van der Waals surface area (Å²) in [4.78, 5) is 25.4. The lowest BCUT2D eigenvalue weighted by Crippen LogP contribution is -2.23. The van der Waals surface area contributed by atoms with E-state index in [4.69, 9.17) is 5.11 Å². The van der Waals surface area contributed by atoms with E-state index in [2.05, 4.69) is 13.0 Å². The maximum absolute atomic E-state index is 12.6. The molecule has 0 radical (unpaired) electrons. The Morgan fingerprint density at radius 3 is 2.54 bits per heavy atom. The van der Waals surface area contributed by atoms with Crippen molar-refractivity contribution in [3.05, 3.63) is 64.7 Å². The van der Waals surface area contributed by atoms with Gasteiger partial charge in [0.1, 0.15) is 0 Å². The highest BCUT2D eigenvalue weighted by atomic mass is 16.4. The van der Waals surface area contributed by atoms with Crippen LogP contribution in [0.2, 0.25) is 0 Å². The maximum atomic E-state index is 12.6. The Morgan fingerprint density at radius 2 is 1.92 bits per heavy atom. The Morgan fingerprint density at radius 1 is 1.21 bits per heavy atom. The predicted molar refractivity (Wildman–Crippen MR) is 93.4 cm³/mol. The first-order valence-electron chi connectivity index (χ1n) is 8.27. The number of aryl methyl sites for hydroxylation is 1. The number of aliphatic carboxylic acids is 1. The molecule has 0 aliphatic carbocycles. The predicted octanol–water partition coefficient (Wildman–Crippen LogP) is 3.99. The van der Waals surface area contributed by atoms with E-state index in [0.717, 1.165) is 35.2 Å². The molecule has 1 aliphatic heterocycles. The zero-order chi connectivity index (χ0) is 17.3. The lowest BCUT2D eigenvalue weighted by atomic mass is 10.0. The molecule has 1 amide bonds. The molecule has 0 aromatic heterocycles. The average Bonchev–Trinajstić information content (AvgIpc) is 2.91. The van der Waals surface area contributed by atoms with E-state index in [0.29, 0.717) is 6.54 Å². The van der Waals surface area contributed by atoms with Crippen LogP contribution in [0, 0.1) is 0 Å². The third kappa shape index (κ3) is 2.92. The molecule has 2 aromatic rings. The van der Waals surface area contributed by atoms with Crippen LogP contribution in [-0.4, -0.2) is 17.0 Å². The Labute approximate surface area is 141 Å². The molecule has 2 aromatic carbocycles. The third-order valence-corrected chi connectivity index (χ3v) is 4.59. The van der Waals surface area contributed by atoms with Crippen LogP contribution in [0.15, 0.2) is 42.5 Å². The molecule has 4 heteroatoms. The van der Waals surface area contributed by atoms with Gasteiger partial charge >= 0.3 is 5.97 Å². The van der Waals surface area contributed by atoms with Crippen LogP contribution < -0.4 is 4.90 Å². The fourth-order valence-electron chi connectivity index (χ4n) is 3.11. The molecule has 1 aliphatic rings. The largest absolute Gasteiger partial charge is 0.481 e. The fourth-order valence-corrected chi connectivity index (χ4v) is 3.11. The SMILES string of the molecule is CCCc1ccc2c(c1)CN(c1ccc(C(C)C(=O)O)cc1)C2=O. The monoisotopic (exact) mass is 323 g/mol. The van der Waals surface area contributed by atoms with Crippen molar-refractivity contribution in [1.29, 1.82) is 0 Å². The van der Waals surface area contributed by atoms with Gasteiger partial charge in [-0.15, -0.1) is 0 Å². The van der Waals surface area contributed by atoms with Crippen molar-refractivity contribution in [3.8, 4) is 0 Å². The molecule has 1 atom stereocenters. The normalized spacial score (nSPS) is 14.6. The van der Waals surface area contributed by atoms with Gasteiger partial charge in [-0.1, -0.05) is 37.6 Å². The van der Waals surface area contributed by atoms with Crippen LogP contribution in [0.1, 0.15) is 53.2 Å². The molecule has 0 fully saturated rings. The second-order valence-electron chi connectivity index (χ2n) is 6.28. The molecule has 0 bridgehead atoms. The summed E-state index contributed by atoms with van der Waals surface area (Å²) in [5.41, 5.74) is 4.62. The highest BCUT2D eigenvalue weighted by Gasteiger charge is 2.28. The molecule has 1 unspecified atom stereocenters. The number of carbonyl (C=O) groups excluding carboxylic acids is 1. The number of carbonyl (C=O) groups is 2. The Bertz CT molecular complexity index is 780. The Hall–Kier alpha value is -2.62. The number of hydrogen-bond donors (Lipinski definition) is 1. The summed E-state index contributed by atoms with van der Waals surface area (Å²) in [5, 5.41) is 9.08. The molecule has 3 rings (SSSR count). The molecule has 0 saturated heterocycles. The molecule has 24 heavy (non-hydrogen) atoms. The van der Waals surface area contributed by atoms with Crippen LogP contribution in [-0.2, 0) is 17.8 Å². The molecular weight excluding hydrogens is 302 g/mol. The Balaban J connectivity index is 1.83. The van der Waals surface area contributed by atoms with Crippen molar-refractivity contribution in [1.82, 2.24) is 0 Å². The van der Waals surface area contributed by atoms with Crippen molar-refractivity contribution < 1.29 is 14.7 Å². The van der Waals surface area contributed by atoms with Gasteiger partial charge in [0.25, 0.3) is 5.91 Å². The molecule has 4 nitrogen and oxygen atoms in total. The van der Waals surface area contributed by atoms with Crippen molar-refractivity contribution in [3.63, 3.8) is 0 Å². The van der Waals surface area contributed by atoms with Crippen LogP contribution in [0.4, 0.5) is 5.69 Å². The summed E-state index contributed by atoms with van der Waals surface area (Å²) >= 11 is 0. The van der Waals surface area contributed by atoms with Gasteiger partial charge in [0.05, 0.1) is 12.5 Å². The lowest BCUT2D eigenvalue weighted by molar-refractivity contribution is -0.138. The van der Waals surface area contributed by atoms with Gasteiger partial charge in [0.15, 0.2) is 0 Å². The first-order chi connectivity index (χ1) is 11.5. The van der Waals surface area contributed by atoms with Crippen molar-refractivity contribution in [2.75, 3.05) is 4.90 Å². The van der Waals surface area contributed by atoms with E-state index in [1.54, 1.807) is 24.0 Å². The number of nitrogens with zero attached hydrogens (tertiary/aromatic N) is 1. The minimum Gasteiger partial charge on any atom is -0.481 e. The van der Waals surface area contributed by atoms with Crippen LogP contribution in [0.25, 0.3) is 0 Å². The zero-order valence-corrected chi connectivity index (χ0v) is 14.0. The highest BCUT2D eigenvalue weighted by molar-refractivity contribution is 6.10. The van der Waals surface area contributed by atoms with Gasteiger partial charge in [0, 0.05) is 11.3 Å². The first-order valence-corrected chi connectivity index (χ1v) is 8.27. The van der Waals surface area contributed by atoms with Crippen molar-refractivity contribution >= 4 is 17.6 Å². The van der Waals surface area contributed by atoms with Gasteiger partial charge in [-0.3, -0.25) is 9.59 Å². The second-order valence-corrected chi connectivity index (χ2v) is 6.28. The average molecular weight is 323 g/mol. The molecule has 1 N–H and O–H groups in total. The quantitative estimate of drug-likeness (QED) is 0.905. The molecule has 0 spiro atoms. The lowest BCUT2D eigenvalue weighted by Gasteiger charge is -2.16. The topological polar surface area (TPSA) is 57.6 Å². The number of fused-ring (bicyclic) bond motifs is 1. The van der Waals surface area contributed by atoms with Gasteiger partial charge in [-0.2, -0.15) is 0 Å². The van der Waals surface area contributed by atoms with E-state index in [-0.39, 0.29) is 5.91 Å². The second kappa shape index (κ2) is 6.48. The van der Waals surface area contributed by atoms with Gasteiger partial charge in [-0.05, 0) is 48.2 Å². The minimum absolute atomic E-state index is 0.00656. The number of rotatable bonds is 5. The standard InChI is InChI=1S/C20H21NO3/c1-3-4-14-5-10-18-16(11-14)12-21(19(18)22)17-8-6-15(7-9-17)13(2)20(23)24/h5-11,13H,3-4,12H2,1-2H3,(H,23,24). The fraction of sp³-hybridized carbons (Fsp3) is 0.300. The zero-order valence-electron chi connectivity index (χ0n) is 14.0. The number of carboxylic acid groups (broad SMARTS) is 1. The minimum atomic E-state index is -0.851. The van der Waals surface area contributed by atoms with Crippen LogP contribution in [0.5, 0.6) is 0 Å². The summed E-state index contributed by atoms with van der Waals surface area (Å²) in [7, 11) is 0. The first kappa shape index (κ1) is 16.2. The van der Waals surface area contributed by atoms with Gasteiger partial charge in [-0.25, -0.2) is 0 Å². The number of hydrogen-bond acceptors (Lipinski definition) is 2. The van der Waals surface area contributed by atoms with E-state index in [1.165, 1.54) is 5.56 Å². The summed E-state index contributed by atoms with van der Waals surface area (Å²) in [6.45, 7) is 4.37. The molecule has 0 saturated carbocycles. The number of benzene rings is 2. The summed E-state index contributed by atoms with van der Waals surface area (Å²) < 4.78 is 0. The van der Waals surface area contributed by atoms with Crippen LogP contribution in [0.3, 0.4) is 0 Å². The summed E-state index contributed by atoms with van der Waals surface area (Å²) in [5.74, 6) is -1.40. The maximum Gasteiger partial charge on any atom is 0.310 e. The highest BCUT2D eigenvalue weighted by Crippen LogP contribution is 2.30. The van der Waals surface area contributed by atoms with E-state index >= 15 is 0 Å². The summed E-state index contributed by atoms with van der Waals surface area (Å²) in [6.07, 6.45) is 2.10. The smallest absolute Gasteiger partial charge is 0.310 e. The van der Waals surface area contributed by atoms with Gasteiger partial charge in [0.2, 0.25) is 0 Å². The van der Waals surface area contributed by atoms with Crippen molar-refractivity contribution in [2.45, 2.75) is 39.2 Å². The number of amides is 1.